The standard InChI is InChI=1S/C12H17N3OS/c1-9-15-11(8-17-9)12(16)14-7-4-10-2-5-13-6-3-10/h2,8,13H,3-7H2,1H3,(H,14,16). The van der Waals surface area contributed by atoms with E-state index in [4.69, 9.17) is 0 Å². The number of hydrogen-bond donors (Lipinski definition) is 2. The zero-order valence-electron chi connectivity index (χ0n) is 9.95. The van der Waals surface area contributed by atoms with E-state index in [1.807, 2.05) is 6.92 Å². The normalized spacial score (nSPS) is 15.5. The van der Waals surface area contributed by atoms with Crippen LogP contribution < -0.4 is 10.6 Å². The lowest BCUT2D eigenvalue weighted by atomic mass is 10.1. The van der Waals surface area contributed by atoms with Gasteiger partial charge in [-0.2, -0.15) is 0 Å². The van der Waals surface area contributed by atoms with Gasteiger partial charge < -0.3 is 10.6 Å². The van der Waals surface area contributed by atoms with Crippen molar-refractivity contribution in [1.82, 2.24) is 15.6 Å². The van der Waals surface area contributed by atoms with Gasteiger partial charge in [-0.3, -0.25) is 4.79 Å². The summed E-state index contributed by atoms with van der Waals surface area (Å²) in [6.07, 6.45) is 4.24. The Morgan fingerprint density at radius 1 is 1.65 bits per heavy atom. The molecule has 1 aromatic rings. The number of hydrogen-bond acceptors (Lipinski definition) is 4. The van der Waals surface area contributed by atoms with Crippen molar-refractivity contribution in [3.63, 3.8) is 0 Å². The van der Waals surface area contributed by atoms with Gasteiger partial charge in [-0.15, -0.1) is 11.3 Å². The summed E-state index contributed by atoms with van der Waals surface area (Å²) in [6, 6.07) is 0. The number of carbonyl (C=O) groups is 1. The molecule has 2 N–H and O–H groups in total. The van der Waals surface area contributed by atoms with E-state index >= 15 is 0 Å². The molecule has 17 heavy (non-hydrogen) atoms. The molecular weight excluding hydrogens is 234 g/mol. The van der Waals surface area contributed by atoms with Crippen LogP contribution in [0.2, 0.25) is 0 Å². The lowest BCUT2D eigenvalue weighted by Crippen LogP contribution is -2.26. The second-order valence-corrected chi connectivity index (χ2v) is 5.14. The number of nitrogens with one attached hydrogen (secondary N) is 2. The van der Waals surface area contributed by atoms with Crippen molar-refractivity contribution in [2.24, 2.45) is 0 Å². The zero-order valence-corrected chi connectivity index (χ0v) is 10.8. The maximum atomic E-state index is 11.7. The van der Waals surface area contributed by atoms with Crippen LogP contribution >= 0.6 is 11.3 Å². The van der Waals surface area contributed by atoms with Crippen LogP contribution in [0.15, 0.2) is 17.0 Å². The Bertz CT molecular complexity index is 425. The summed E-state index contributed by atoms with van der Waals surface area (Å²) in [6.45, 7) is 4.60. The number of thiazole rings is 1. The van der Waals surface area contributed by atoms with Crippen LogP contribution in [0.5, 0.6) is 0 Å². The Hall–Kier alpha value is -1.20. The molecule has 0 unspecified atom stereocenters. The van der Waals surface area contributed by atoms with Gasteiger partial charge in [0.2, 0.25) is 0 Å². The van der Waals surface area contributed by atoms with Crippen LogP contribution in [0.4, 0.5) is 0 Å². The summed E-state index contributed by atoms with van der Waals surface area (Å²) in [7, 11) is 0. The van der Waals surface area contributed by atoms with Gasteiger partial charge in [-0.25, -0.2) is 4.98 Å². The molecular formula is C12H17N3OS. The first-order valence-electron chi connectivity index (χ1n) is 5.84. The van der Waals surface area contributed by atoms with Crippen LogP contribution in [0.1, 0.15) is 28.3 Å². The van der Waals surface area contributed by atoms with Gasteiger partial charge in [-0.05, 0) is 26.3 Å². The second kappa shape index (κ2) is 5.93. The molecule has 0 saturated carbocycles. The van der Waals surface area contributed by atoms with Crippen molar-refractivity contribution in [3.05, 3.63) is 27.7 Å². The smallest absolute Gasteiger partial charge is 0.270 e. The highest BCUT2D eigenvalue weighted by atomic mass is 32.1. The van der Waals surface area contributed by atoms with Crippen molar-refractivity contribution in [3.8, 4) is 0 Å². The summed E-state index contributed by atoms with van der Waals surface area (Å²) < 4.78 is 0. The lowest BCUT2D eigenvalue weighted by Gasteiger charge is -2.13. The van der Waals surface area contributed by atoms with Crippen LogP contribution in [0.25, 0.3) is 0 Å². The third-order valence-corrected chi connectivity index (χ3v) is 3.51. The van der Waals surface area contributed by atoms with Gasteiger partial charge in [0.1, 0.15) is 5.69 Å². The Balaban J connectivity index is 1.75. The average molecular weight is 251 g/mol. The van der Waals surface area contributed by atoms with E-state index in [9.17, 15) is 4.79 Å². The Morgan fingerprint density at radius 3 is 3.18 bits per heavy atom. The van der Waals surface area contributed by atoms with Gasteiger partial charge in [-0.1, -0.05) is 11.6 Å². The highest BCUT2D eigenvalue weighted by Gasteiger charge is 2.09. The third-order valence-electron chi connectivity index (χ3n) is 2.74. The third kappa shape index (κ3) is 3.64. The maximum absolute atomic E-state index is 11.7. The molecule has 0 spiro atoms. The summed E-state index contributed by atoms with van der Waals surface area (Å²) in [5, 5.41) is 8.90. The maximum Gasteiger partial charge on any atom is 0.270 e. The largest absolute Gasteiger partial charge is 0.350 e. The molecule has 2 rings (SSSR count). The van der Waals surface area contributed by atoms with E-state index in [1.165, 1.54) is 16.9 Å². The predicted molar refractivity (Wildman–Crippen MR) is 69.4 cm³/mol. The topological polar surface area (TPSA) is 54.0 Å². The zero-order chi connectivity index (χ0) is 12.1. The van der Waals surface area contributed by atoms with Crippen molar-refractivity contribution in [2.75, 3.05) is 19.6 Å². The molecule has 0 bridgehead atoms. The van der Waals surface area contributed by atoms with Crippen molar-refractivity contribution in [1.29, 1.82) is 0 Å². The van der Waals surface area contributed by atoms with Crippen molar-refractivity contribution in [2.45, 2.75) is 19.8 Å². The molecule has 1 aliphatic rings. The Kier molecular flexibility index (Phi) is 4.28. The minimum absolute atomic E-state index is 0.0658. The highest BCUT2D eigenvalue weighted by molar-refractivity contribution is 7.09. The molecule has 1 amide bonds. The highest BCUT2D eigenvalue weighted by Crippen LogP contribution is 2.09. The first-order chi connectivity index (χ1) is 8.25. The van der Waals surface area contributed by atoms with Gasteiger partial charge in [0.15, 0.2) is 0 Å². The van der Waals surface area contributed by atoms with E-state index in [0.29, 0.717) is 12.2 Å². The van der Waals surface area contributed by atoms with Gasteiger partial charge in [0.25, 0.3) is 5.91 Å². The molecule has 2 heterocycles. The Labute approximate surface area is 105 Å². The van der Waals surface area contributed by atoms with Crippen LogP contribution in [-0.2, 0) is 0 Å². The molecule has 0 aromatic carbocycles. The van der Waals surface area contributed by atoms with Gasteiger partial charge >= 0.3 is 0 Å². The predicted octanol–water partition coefficient (Wildman–Crippen LogP) is 1.49. The fourth-order valence-corrected chi connectivity index (χ4v) is 2.38. The summed E-state index contributed by atoms with van der Waals surface area (Å²) in [5.41, 5.74) is 1.96. The fourth-order valence-electron chi connectivity index (χ4n) is 1.79. The van der Waals surface area contributed by atoms with Gasteiger partial charge in [0, 0.05) is 18.5 Å². The molecule has 4 nitrogen and oxygen atoms in total. The van der Waals surface area contributed by atoms with E-state index < -0.39 is 0 Å². The van der Waals surface area contributed by atoms with E-state index in [1.54, 1.807) is 5.38 Å². The molecule has 1 aromatic heterocycles. The number of aryl methyl sites for hydroxylation is 1. The molecule has 1 aliphatic heterocycles. The first-order valence-corrected chi connectivity index (χ1v) is 6.72. The Morgan fingerprint density at radius 2 is 2.53 bits per heavy atom. The van der Waals surface area contributed by atoms with Crippen molar-refractivity contribution >= 4 is 17.2 Å². The van der Waals surface area contributed by atoms with E-state index in [0.717, 1.165) is 30.9 Å². The number of amides is 1. The van der Waals surface area contributed by atoms with Crippen LogP contribution in [-0.4, -0.2) is 30.5 Å². The van der Waals surface area contributed by atoms with E-state index in [-0.39, 0.29) is 5.91 Å². The summed E-state index contributed by atoms with van der Waals surface area (Å²) >= 11 is 1.50. The number of aromatic nitrogens is 1. The molecule has 0 atom stereocenters. The molecule has 0 aliphatic carbocycles. The summed E-state index contributed by atoms with van der Waals surface area (Å²) in [4.78, 5) is 15.9. The first kappa shape index (κ1) is 12.3. The van der Waals surface area contributed by atoms with Crippen LogP contribution in [0, 0.1) is 6.92 Å². The minimum atomic E-state index is -0.0658. The fraction of sp³-hybridized carbons (Fsp3) is 0.500. The molecule has 0 fully saturated rings. The monoisotopic (exact) mass is 251 g/mol. The molecule has 5 heteroatoms. The van der Waals surface area contributed by atoms with E-state index in [2.05, 4.69) is 21.7 Å². The summed E-state index contributed by atoms with van der Waals surface area (Å²) in [5.74, 6) is -0.0658. The van der Waals surface area contributed by atoms with Crippen LogP contribution in [0.3, 0.4) is 0 Å². The molecule has 92 valence electrons. The molecule has 0 radical (unpaired) electrons. The quantitative estimate of drug-likeness (QED) is 0.797. The number of rotatable bonds is 4. The van der Waals surface area contributed by atoms with Gasteiger partial charge in [0.05, 0.1) is 5.01 Å². The molecule has 0 saturated heterocycles. The SMILES string of the molecule is Cc1nc(C(=O)NCCC2=CCNCC2)cs1. The lowest BCUT2D eigenvalue weighted by molar-refractivity contribution is 0.0949. The number of carbonyl (C=O) groups excluding carboxylic acids is 1. The van der Waals surface area contributed by atoms with Crippen molar-refractivity contribution < 1.29 is 4.79 Å². The minimum Gasteiger partial charge on any atom is -0.350 e. The number of nitrogens with zero attached hydrogens (tertiary/aromatic N) is 1. The average Bonchev–Trinajstić information content (AvgIpc) is 2.77. The second-order valence-electron chi connectivity index (χ2n) is 4.07.